The molecule has 3 nitrogen and oxygen atoms in total. The molecule has 1 aromatic rings. The van der Waals surface area contributed by atoms with Gasteiger partial charge in [0.25, 0.3) is 0 Å². The molecule has 1 aromatic carbocycles. The summed E-state index contributed by atoms with van der Waals surface area (Å²) >= 11 is 3.46. The molecule has 1 amide bonds. The van der Waals surface area contributed by atoms with Crippen molar-refractivity contribution in [2.75, 3.05) is 6.54 Å². The monoisotopic (exact) mass is 283 g/mol. The summed E-state index contributed by atoms with van der Waals surface area (Å²) < 4.78 is 0. The van der Waals surface area contributed by atoms with E-state index in [0.29, 0.717) is 13.0 Å². The predicted octanol–water partition coefficient (Wildman–Crippen LogP) is 1.67. The highest BCUT2D eigenvalue weighted by molar-refractivity contribution is 9.09. The zero-order valence-electron chi connectivity index (χ0n) is 8.90. The Morgan fingerprint density at radius 3 is 2.44 bits per heavy atom. The number of likely N-dealkylation sites (tertiary alicyclic amines) is 1. The highest BCUT2D eigenvalue weighted by atomic mass is 79.9. The van der Waals surface area contributed by atoms with E-state index in [2.05, 4.69) is 15.9 Å². The van der Waals surface area contributed by atoms with E-state index in [1.807, 2.05) is 29.2 Å². The van der Waals surface area contributed by atoms with Crippen molar-refractivity contribution in [1.82, 2.24) is 4.90 Å². The molecule has 1 fully saturated rings. The first-order valence-corrected chi connectivity index (χ1v) is 6.21. The van der Waals surface area contributed by atoms with Gasteiger partial charge in [-0.1, -0.05) is 40.2 Å². The highest BCUT2D eigenvalue weighted by Crippen LogP contribution is 2.20. The number of hydrogen-bond donors (Lipinski definition) is 1. The minimum atomic E-state index is 0.0619. The van der Waals surface area contributed by atoms with Gasteiger partial charge in [-0.2, -0.15) is 0 Å². The third-order valence-corrected chi connectivity index (χ3v) is 3.36. The zero-order valence-corrected chi connectivity index (χ0v) is 10.5. The minimum Gasteiger partial charge on any atom is -0.392 e. The van der Waals surface area contributed by atoms with Crippen LogP contribution in [0.3, 0.4) is 0 Å². The van der Waals surface area contributed by atoms with Gasteiger partial charge in [0.1, 0.15) is 0 Å². The van der Waals surface area contributed by atoms with E-state index < -0.39 is 0 Å². The summed E-state index contributed by atoms with van der Waals surface area (Å²) in [6, 6.07) is 7.70. The van der Waals surface area contributed by atoms with Gasteiger partial charge in [-0.05, 0) is 11.1 Å². The SMILES string of the molecule is O=C1CC(Br)CN1Cc1ccc(CO)cc1. The molecule has 4 heteroatoms. The number of alkyl halides is 1. The van der Waals surface area contributed by atoms with Crippen molar-refractivity contribution in [1.29, 1.82) is 0 Å². The van der Waals surface area contributed by atoms with E-state index in [1.165, 1.54) is 0 Å². The Morgan fingerprint density at radius 2 is 1.94 bits per heavy atom. The van der Waals surface area contributed by atoms with Crippen LogP contribution in [0.2, 0.25) is 0 Å². The van der Waals surface area contributed by atoms with Crippen LogP contribution in [0.15, 0.2) is 24.3 Å². The van der Waals surface area contributed by atoms with Crippen molar-refractivity contribution in [2.45, 2.75) is 24.4 Å². The molecule has 1 saturated heterocycles. The van der Waals surface area contributed by atoms with E-state index in [-0.39, 0.29) is 17.3 Å². The Hall–Kier alpha value is -0.870. The molecular formula is C12H14BrNO2. The van der Waals surface area contributed by atoms with E-state index in [1.54, 1.807) is 0 Å². The molecule has 1 atom stereocenters. The maximum atomic E-state index is 11.6. The smallest absolute Gasteiger partial charge is 0.224 e. The Morgan fingerprint density at radius 1 is 1.31 bits per heavy atom. The second-order valence-corrected chi connectivity index (χ2v) is 5.35. The van der Waals surface area contributed by atoms with E-state index in [0.717, 1.165) is 17.7 Å². The molecule has 1 N–H and O–H groups in total. The number of amides is 1. The number of aliphatic hydroxyl groups excluding tert-OH is 1. The molecule has 0 spiro atoms. The highest BCUT2D eigenvalue weighted by Gasteiger charge is 2.27. The fraction of sp³-hybridized carbons (Fsp3) is 0.417. The van der Waals surface area contributed by atoms with Crippen molar-refractivity contribution >= 4 is 21.8 Å². The van der Waals surface area contributed by atoms with Crippen LogP contribution in [-0.4, -0.2) is 27.3 Å². The van der Waals surface area contributed by atoms with Crippen molar-refractivity contribution < 1.29 is 9.90 Å². The number of nitrogens with zero attached hydrogens (tertiary/aromatic N) is 1. The van der Waals surface area contributed by atoms with Crippen LogP contribution >= 0.6 is 15.9 Å². The summed E-state index contributed by atoms with van der Waals surface area (Å²) in [7, 11) is 0. The first-order valence-electron chi connectivity index (χ1n) is 5.29. The van der Waals surface area contributed by atoms with Crippen LogP contribution < -0.4 is 0 Å². The van der Waals surface area contributed by atoms with Crippen LogP contribution in [0.4, 0.5) is 0 Å². The van der Waals surface area contributed by atoms with Gasteiger partial charge in [-0.25, -0.2) is 0 Å². The van der Waals surface area contributed by atoms with E-state index in [4.69, 9.17) is 5.11 Å². The predicted molar refractivity (Wildman–Crippen MR) is 65.1 cm³/mol. The fourth-order valence-electron chi connectivity index (χ4n) is 1.85. The van der Waals surface area contributed by atoms with E-state index in [9.17, 15) is 4.79 Å². The Kier molecular flexibility index (Phi) is 3.61. The van der Waals surface area contributed by atoms with Gasteiger partial charge in [-0.3, -0.25) is 4.79 Å². The normalized spacial score (nSPS) is 20.5. The average molecular weight is 284 g/mol. The lowest BCUT2D eigenvalue weighted by Gasteiger charge is -2.15. The number of aliphatic hydroxyl groups is 1. The lowest BCUT2D eigenvalue weighted by Crippen LogP contribution is -2.24. The van der Waals surface area contributed by atoms with Gasteiger partial charge in [0.2, 0.25) is 5.91 Å². The lowest BCUT2D eigenvalue weighted by molar-refractivity contribution is -0.128. The van der Waals surface area contributed by atoms with Crippen LogP contribution in [0.1, 0.15) is 17.5 Å². The maximum Gasteiger partial charge on any atom is 0.224 e. The first-order chi connectivity index (χ1) is 7.69. The molecule has 1 aliphatic rings. The minimum absolute atomic E-state index is 0.0619. The van der Waals surface area contributed by atoms with E-state index >= 15 is 0 Å². The summed E-state index contributed by atoms with van der Waals surface area (Å²) in [6.45, 7) is 1.50. The van der Waals surface area contributed by atoms with Crippen molar-refractivity contribution in [3.63, 3.8) is 0 Å². The maximum absolute atomic E-state index is 11.6. The molecule has 0 aromatic heterocycles. The molecular weight excluding hydrogens is 270 g/mol. The first kappa shape index (κ1) is 11.6. The number of halogens is 1. The molecule has 1 aliphatic heterocycles. The molecule has 16 heavy (non-hydrogen) atoms. The third-order valence-electron chi connectivity index (χ3n) is 2.75. The molecule has 86 valence electrons. The number of benzene rings is 1. The second kappa shape index (κ2) is 4.97. The Labute approximate surface area is 103 Å². The van der Waals surface area contributed by atoms with Gasteiger partial charge in [0.05, 0.1) is 6.61 Å². The van der Waals surface area contributed by atoms with Crippen LogP contribution in [0.5, 0.6) is 0 Å². The molecule has 1 unspecified atom stereocenters. The summed E-state index contributed by atoms with van der Waals surface area (Å²) in [5, 5.41) is 8.92. The Balaban J connectivity index is 2.01. The summed E-state index contributed by atoms with van der Waals surface area (Å²) in [4.78, 5) is 13.7. The molecule has 0 saturated carbocycles. The van der Waals surface area contributed by atoms with Crippen LogP contribution in [0.25, 0.3) is 0 Å². The molecule has 0 radical (unpaired) electrons. The summed E-state index contributed by atoms with van der Waals surface area (Å²) in [5.74, 6) is 0.202. The lowest BCUT2D eigenvalue weighted by atomic mass is 10.1. The fourth-order valence-corrected chi connectivity index (χ4v) is 2.47. The number of carbonyl (C=O) groups excluding carboxylic acids is 1. The topological polar surface area (TPSA) is 40.5 Å². The summed E-state index contributed by atoms with van der Waals surface area (Å²) in [5.41, 5.74) is 2.00. The third kappa shape index (κ3) is 2.62. The number of rotatable bonds is 3. The van der Waals surface area contributed by atoms with Gasteiger partial charge in [0.15, 0.2) is 0 Å². The van der Waals surface area contributed by atoms with Crippen LogP contribution in [0, 0.1) is 0 Å². The molecule has 0 aliphatic carbocycles. The standard InChI is InChI=1S/C12H14BrNO2/c13-11-5-12(16)14(7-11)6-9-1-3-10(8-15)4-2-9/h1-4,11,15H,5-8H2. The Bertz CT molecular complexity index is 377. The average Bonchev–Trinajstić information content (AvgIpc) is 2.59. The number of hydrogen-bond acceptors (Lipinski definition) is 2. The quantitative estimate of drug-likeness (QED) is 0.858. The zero-order chi connectivity index (χ0) is 11.5. The molecule has 0 bridgehead atoms. The number of carbonyl (C=O) groups is 1. The van der Waals surface area contributed by atoms with Gasteiger partial charge < -0.3 is 10.0 Å². The molecule has 1 heterocycles. The van der Waals surface area contributed by atoms with Gasteiger partial charge >= 0.3 is 0 Å². The van der Waals surface area contributed by atoms with Crippen molar-refractivity contribution in [3.8, 4) is 0 Å². The van der Waals surface area contributed by atoms with Gasteiger partial charge in [-0.15, -0.1) is 0 Å². The van der Waals surface area contributed by atoms with Crippen molar-refractivity contribution in [2.24, 2.45) is 0 Å². The second-order valence-electron chi connectivity index (χ2n) is 4.05. The van der Waals surface area contributed by atoms with Crippen molar-refractivity contribution in [3.05, 3.63) is 35.4 Å². The largest absolute Gasteiger partial charge is 0.392 e. The van der Waals surface area contributed by atoms with Crippen LogP contribution in [-0.2, 0) is 17.9 Å². The van der Waals surface area contributed by atoms with Gasteiger partial charge in [0, 0.05) is 24.3 Å². The molecule has 2 rings (SSSR count). The summed E-state index contributed by atoms with van der Waals surface area (Å²) in [6.07, 6.45) is 0.592.